The predicted octanol–water partition coefficient (Wildman–Crippen LogP) is 4.07. The van der Waals surface area contributed by atoms with E-state index in [4.69, 9.17) is 5.11 Å². The molecule has 0 aromatic carbocycles. The third-order valence-electron chi connectivity index (χ3n) is 6.51. The van der Waals surface area contributed by atoms with Gasteiger partial charge in [-0.15, -0.1) is 0 Å². The maximum atomic E-state index is 10.8. The number of piperidine rings is 1. The van der Waals surface area contributed by atoms with Crippen LogP contribution in [0.2, 0.25) is 0 Å². The molecule has 0 aromatic rings. The highest BCUT2D eigenvalue weighted by atomic mass is 16.4. The molecule has 3 aliphatic rings. The Hall–Kier alpha value is -0.570. The molecular formula is C18H31NO2. The molecule has 1 unspecified atom stereocenters. The lowest BCUT2D eigenvalue weighted by atomic mass is 9.71. The van der Waals surface area contributed by atoms with Crippen molar-refractivity contribution in [1.82, 2.24) is 4.90 Å². The van der Waals surface area contributed by atoms with Gasteiger partial charge in [-0.2, -0.15) is 0 Å². The first kappa shape index (κ1) is 15.3. The van der Waals surface area contributed by atoms with Crippen LogP contribution >= 0.6 is 0 Å². The normalized spacial score (nSPS) is 30.8. The summed E-state index contributed by atoms with van der Waals surface area (Å²) < 4.78 is 0. The molecule has 1 aliphatic heterocycles. The summed E-state index contributed by atoms with van der Waals surface area (Å²) in [5, 5.41) is 8.86. The zero-order valence-corrected chi connectivity index (χ0v) is 13.4. The van der Waals surface area contributed by atoms with Crippen molar-refractivity contribution in [3.63, 3.8) is 0 Å². The fourth-order valence-electron chi connectivity index (χ4n) is 5.20. The van der Waals surface area contributed by atoms with Crippen LogP contribution in [0.4, 0.5) is 0 Å². The number of rotatable bonds is 4. The van der Waals surface area contributed by atoms with Crippen molar-refractivity contribution in [2.24, 2.45) is 11.3 Å². The van der Waals surface area contributed by atoms with E-state index in [2.05, 4.69) is 4.90 Å². The summed E-state index contributed by atoms with van der Waals surface area (Å²) in [6.45, 7) is 2.41. The lowest BCUT2D eigenvalue weighted by Crippen LogP contribution is -2.45. The van der Waals surface area contributed by atoms with Gasteiger partial charge < -0.3 is 10.0 Å². The van der Waals surface area contributed by atoms with E-state index in [9.17, 15) is 4.79 Å². The van der Waals surface area contributed by atoms with Gasteiger partial charge in [-0.1, -0.05) is 12.8 Å². The van der Waals surface area contributed by atoms with E-state index in [1.165, 1.54) is 70.8 Å². The number of hydrogen-bond donors (Lipinski definition) is 1. The highest BCUT2D eigenvalue weighted by Gasteiger charge is 2.39. The minimum atomic E-state index is -0.632. The van der Waals surface area contributed by atoms with Gasteiger partial charge >= 0.3 is 5.97 Å². The van der Waals surface area contributed by atoms with Crippen molar-refractivity contribution in [3.8, 4) is 0 Å². The molecule has 3 nitrogen and oxygen atoms in total. The third-order valence-corrected chi connectivity index (χ3v) is 6.51. The first-order chi connectivity index (χ1) is 10.2. The summed E-state index contributed by atoms with van der Waals surface area (Å²) in [6.07, 6.45) is 15.3. The first-order valence-corrected chi connectivity index (χ1v) is 9.13. The average molecular weight is 293 g/mol. The van der Waals surface area contributed by atoms with Crippen molar-refractivity contribution in [1.29, 1.82) is 0 Å². The summed E-state index contributed by atoms with van der Waals surface area (Å²) in [4.78, 5) is 13.5. The summed E-state index contributed by atoms with van der Waals surface area (Å²) in [6, 6.07) is 0.795. The van der Waals surface area contributed by atoms with Gasteiger partial charge in [0.05, 0.1) is 0 Å². The van der Waals surface area contributed by atoms with E-state index in [0.29, 0.717) is 12.3 Å². The second-order valence-electron chi connectivity index (χ2n) is 7.87. The number of nitrogens with zero attached hydrogens (tertiary/aromatic N) is 1. The Morgan fingerprint density at radius 2 is 1.76 bits per heavy atom. The Balaban J connectivity index is 1.47. The lowest BCUT2D eigenvalue weighted by molar-refractivity contribution is -0.137. The monoisotopic (exact) mass is 293 g/mol. The van der Waals surface area contributed by atoms with Crippen LogP contribution in [0.1, 0.15) is 77.0 Å². The molecule has 3 fully saturated rings. The molecule has 3 heteroatoms. The summed E-state index contributed by atoms with van der Waals surface area (Å²) in [7, 11) is 0. The van der Waals surface area contributed by atoms with Gasteiger partial charge in [0.1, 0.15) is 0 Å². The fraction of sp³-hybridized carbons (Fsp3) is 0.944. The third kappa shape index (κ3) is 3.80. The second-order valence-corrected chi connectivity index (χ2v) is 7.87. The zero-order chi connectivity index (χ0) is 14.7. The van der Waals surface area contributed by atoms with Crippen molar-refractivity contribution in [2.45, 2.75) is 83.1 Å². The molecule has 1 atom stereocenters. The van der Waals surface area contributed by atoms with E-state index >= 15 is 0 Å². The summed E-state index contributed by atoms with van der Waals surface area (Å²) in [5.41, 5.74) is 0.731. The molecule has 1 heterocycles. The topological polar surface area (TPSA) is 40.5 Å². The number of carbonyl (C=O) groups is 1. The molecule has 3 rings (SSSR count). The molecule has 0 bridgehead atoms. The summed E-state index contributed by atoms with van der Waals surface area (Å²) in [5.74, 6) is -0.00909. The highest BCUT2D eigenvalue weighted by Crippen LogP contribution is 2.49. The van der Waals surface area contributed by atoms with Gasteiger partial charge in [-0.05, 0) is 75.7 Å². The number of carboxylic acids is 1. The Morgan fingerprint density at radius 1 is 1.05 bits per heavy atom. The zero-order valence-electron chi connectivity index (χ0n) is 13.4. The van der Waals surface area contributed by atoms with Crippen molar-refractivity contribution < 1.29 is 9.90 Å². The largest absolute Gasteiger partial charge is 0.481 e. The molecule has 0 aromatic heterocycles. The molecule has 21 heavy (non-hydrogen) atoms. The van der Waals surface area contributed by atoms with E-state index in [-0.39, 0.29) is 0 Å². The Kier molecular flexibility index (Phi) is 4.88. The lowest BCUT2D eigenvalue weighted by Gasteiger charge is -2.44. The standard InChI is InChI=1S/C18H31NO2/c20-17(21)6-5-15-4-3-13-19(14-15)16-7-11-18(12-8-16)9-1-2-10-18/h15-16H,1-14H2,(H,20,21). The van der Waals surface area contributed by atoms with Crippen LogP contribution in [0.25, 0.3) is 0 Å². The molecule has 120 valence electrons. The smallest absolute Gasteiger partial charge is 0.303 e. The van der Waals surface area contributed by atoms with Gasteiger partial charge in [0.25, 0.3) is 0 Å². The van der Waals surface area contributed by atoms with Crippen molar-refractivity contribution in [2.75, 3.05) is 13.1 Å². The number of carboxylic acid groups (broad SMARTS) is 1. The van der Waals surface area contributed by atoms with Gasteiger partial charge in [-0.25, -0.2) is 0 Å². The van der Waals surface area contributed by atoms with Crippen LogP contribution in [0.3, 0.4) is 0 Å². The van der Waals surface area contributed by atoms with E-state index in [1.807, 2.05) is 0 Å². The van der Waals surface area contributed by atoms with E-state index < -0.39 is 5.97 Å². The molecular weight excluding hydrogens is 262 g/mol. The molecule has 1 spiro atoms. The van der Waals surface area contributed by atoms with Crippen LogP contribution in [-0.2, 0) is 4.79 Å². The molecule has 1 saturated heterocycles. The van der Waals surface area contributed by atoms with E-state index in [1.54, 1.807) is 0 Å². The van der Waals surface area contributed by atoms with Crippen LogP contribution in [0.15, 0.2) is 0 Å². The summed E-state index contributed by atoms with van der Waals surface area (Å²) >= 11 is 0. The maximum absolute atomic E-state index is 10.8. The number of likely N-dealkylation sites (tertiary alicyclic amines) is 1. The molecule has 1 N–H and O–H groups in total. The molecule has 0 amide bonds. The highest BCUT2D eigenvalue weighted by molar-refractivity contribution is 5.66. The van der Waals surface area contributed by atoms with Crippen LogP contribution < -0.4 is 0 Å². The SMILES string of the molecule is O=C(O)CCC1CCCN(C2CCC3(CCCC3)CC2)C1. The number of aliphatic carboxylic acids is 1. The number of hydrogen-bond acceptors (Lipinski definition) is 2. The van der Waals surface area contributed by atoms with Gasteiger partial charge in [0, 0.05) is 19.0 Å². The maximum Gasteiger partial charge on any atom is 0.303 e. The Morgan fingerprint density at radius 3 is 2.43 bits per heavy atom. The molecule has 2 saturated carbocycles. The van der Waals surface area contributed by atoms with E-state index in [0.717, 1.165) is 24.4 Å². The van der Waals surface area contributed by atoms with Crippen molar-refractivity contribution in [3.05, 3.63) is 0 Å². The van der Waals surface area contributed by atoms with Gasteiger partial charge in [0.15, 0.2) is 0 Å². The Bertz CT molecular complexity index is 352. The second kappa shape index (κ2) is 6.68. The van der Waals surface area contributed by atoms with Gasteiger partial charge in [0.2, 0.25) is 0 Å². The quantitative estimate of drug-likeness (QED) is 0.849. The van der Waals surface area contributed by atoms with Crippen LogP contribution in [0, 0.1) is 11.3 Å². The van der Waals surface area contributed by atoms with Crippen LogP contribution in [0.5, 0.6) is 0 Å². The first-order valence-electron chi connectivity index (χ1n) is 9.13. The Labute approximate surface area is 129 Å². The fourth-order valence-corrected chi connectivity index (χ4v) is 5.20. The minimum absolute atomic E-state index is 0.353. The molecule has 0 radical (unpaired) electrons. The molecule has 2 aliphatic carbocycles. The minimum Gasteiger partial charge on any atom is -0.481 e. The van der Waals surface area contributed by atoms with Crippen LogP contribution in [-0.4, -0.2) is 35.1 Å². The average Bonchev–Trinajstić information content (AvgIpc) is 2.94. The van der Waals surface area contributed by atoms with Crippen molar-refractivity contribution >= 4 is 5.97 Å². The van der Waals surface area contributed by atoms with Gasteiger partial charge in [-0.3, -0.25) is 4.79 Å². The predicted molar refractivity (Wildman–Crippen MR) is 84.3 cm³/mol.